The Balaban J connectivity index is 3.02. The van der Waals surface area contributed by atoms with Crippen LogP contribution in [0.25, 0.3) is 0 Å². The number of oxime groups is 1. The van der Waals surface area contributed by atoms with E-state index in [0.29, 0.717) is 11.6 Å². The van der Waals surface area contributed by atoms with Gasteiger partial charge in [0.15, 0.2) is 0 Å². The van der Waals surface area contributed by atoms with Crippen molar-refractivity contribution in [2.75, 3.05) is 0 Å². The summed E-state index contributed by atoms with van der Waals surface area (Å²) in [5.41, 5.74) is 0. The first-order valence-corrected chi connectivity index (χ1v) is 4.55. The number of unbranched alkanes of at least 4 members (excludes halogenated alkanes) is 4. The molecule has 0 aliphatic carbocycles. The van der Waals surface area contributed by atoms with Crippen LogP contribution in [0.4, 0.5) is 0 Å². The molecule has 0 aliphatic rings. The number of hydrogen-bond acceptors (Lipinski definition) is 2. The molecule has 0 aromatic rings. The average molecular weight is 178 g/mol. The summed E-state index contributed by atoms with van der Waals surface area (Å²) in [5.74, 6) is 0. The number of halogens is 1. The number of rotatable bonds is 6. The Morgan fingerprint density at radius 2 is 1.91 bits per heavy atom. The molecule has 66 valence electrons. The first kappa shape index (κ1) is 10.8. The van der Waals surface area contributed by atoms with Gasteiger partial charge in [0.25, 0.3) is 0 Å². The molecular formula is C8H16ClNO. The topological polar surface area (TPSA) is 32.6 Å². The van der Waals surface area contributed by atoms with Crippen molar-refractivity contribution in [2.24, 2.45) is 5.16 Å². The summed E-state index contributed by atoms with van der Waals surface area (Å²) in [6.07, 6.45) is 6.71. The van der Waals surface area contributed by atoms with Crippen LogP contribution in [0.2, 0.25) is 0 Å². The Labute approximate surface area is 73.2 Å². The Morgan fingerprint density at radius 3 is 2.45 bits per heavy atom. The van der Waals surface area contributed by atoms with Crippen LogP contribution >= 0.6 is 11.6 Å². The highest BCUT2D eigenvalue weighted by Crippen LogP contribution is 2.06. The molecule has 0 amide bonds. The maximum Gasteiger partial charge on any atom is 0.145 e. The predicted molar refractivity (Wildman–Crippen MR) is 48.5 cm³/mol. The van der Waals surface area contributed by atoms with Crippen molar-refractivity contribution in [2.45, 2.75) is 45.4 Å². The summed E-state index contributed by atoms with van der Waals surface area (Å²) < 4.78 is 0. The fraction of sp³-hybridized carbons (Fsp3) is 0.875. The maximum absolute atomic E-state index is 8.19. The van der Waals surface area contributed by atoms with Gasteiger partial charge in [0, 0.05) is 6.42 Å². The zero-order chi connectivity index (χ0) is 8.53. The van der Waals surface area contributed by atoms with E-state index in [9.17, 15) is 0 Å². The van der Waals surface area contributed by atoms with Gasteiger partial charge in [-0.05, 0) is 6.42 Å². The fourth-order valence-corrected chi connectivity index (χ4v) is 1.06. The molecule has 11 heavy (non-hydrogen) atoms. The Hall–Kier alpha value is -0.240. The summed E-state index contributed by atoms with van der Waals surface area (Å²) in [4.78, 5) is 0. The highest BCUT2D eigenvalue weighted by molar-refractivity contribution is 6.65. The zero-order valence-corrected chi connectivity index (χ0v) is 7.77. The minimum Gasteiger partial charge on any atom is -0.410 e. The second kappa shape index (κ2) is 7.86. The highest BCUT2D eigenvalue weighted by Gasteiger charge is 1.94. The molecule has 0 radical (unpaired) electrons. The van der Waals surface area contributed by atoms with Gasteiger partial charge in [-0.2, -0.15) is 0 Å². The van der Waals surface area contributed by atoms with Crippen molar-refractivity contribution in [1.82, 2.24) is 0 Å². The van der Waals surface area contributed by atoms with Crippen LogP contribution in [0.5, 0.6) is 0 Å². The van der Waals surface area contributed by atoms with Crippen LogP contribution in [0.3, 0.4) is 0 Å². The van der Waals surface area contributed by atoms with E-state index in [0.717, 1.165) is 6.42 Å². The van der Waals surface area contributed by atoms with E-state index in [1.54, 1.807) is 0 Å². The van der Waals surface area contributed by atoms with Gasteiger partial charge in [-0.3, -0.25) is 0 Å². The van der Waals surface area contributed by atoms with Gasteiger partial charge in [0.1, 0.15) is 5.17 Å². The third-order valence-corrected chi connectivity index (χ3v) is 1.86. The van der Waals surface area contributed by atoms with Crippen molar-refractivity contribution in [3.05, 3.63) is 0 Å². The lowest BCUT2D eigenvalue weighted by Gasteiger charge is -1.96. The molecule has 1 N–H and O–H groups in total. The summed E-state index contributed by atoms with van der Waals surface area (Å²) in [7, 11) is 0. The van der Waals surface area contributed by atoms with Crippen molar-refractivity contribution < 1.29 is 5.21 Å². The van der Waals surface area contributed by atoms with Crippen molar-refractivity contribution >= 4 is 16.8 Å². The first-order valence-electron chi connectivity index (χ1n) is 4.17. The smallest absolute Gasteiger partial charge is 0.145 e. The van der Waals surface area contributed by atoms with E-state index in [1.165, 1.54) is 25.7 Å². The lowest BCUT2D eigenvalue weighted by molar-refractivity contribution is 0.319. The minimum atomic E-state index is 0.321. The normalized spacial score (nSPS) is 12.0. The molecule has 0 aromatic heterocycles. The Morgan fingerprint density at radius 1 is 1.27 bits per heavy atom. The third kappa shape index (κ3) is 7.66. The SMILES string of the molecule is CCCCCCCC(Cl)=NO. The standard InChI is InChI=1S/C8H16ClNO/c1-2-3-4-5-6-7-8(9)10-11/h11H,2-7H2,1H3. The third-order valence-electron chi connectivity index (χ3n) is 1.60. The fourth-order valence-electron chi connectivity index (χ4n) is 0.924. The Kier molecular flexibility index (Phi) is 7.69. The molecule has 0 saturated heterocycles. The van der Waals surface area contributed by atoms with Gasteiger partial charge in [-0.15, -0.1) is 0 Å². The van der Waals surface area contributed by atoms with Crippen LogP contribution in [0.15, 0.2) is 5.16 Å². The monoisotopic (exact) mass is 177 g/mol. The second-order valence-electron chi connectivity index (χ2n) is 2.64. The summed E-state index contributed by atoms with van der Waals surface area (Å²) in [6.45, 7) is 2.18. The molecule has 0 aromatic carbocycles. The molecule has 2 nitrogen and oxygen atoms in total. The van der Waals surface area contributed by atoms with Crippen molar-refractivity contribution in [3.8, 4) is 0 Å². The summed E-state index contributed by atoms with van der Waals surface area (Å²) >= 11 is 5.48. The van der Waals surface area contributed by atoms with Gasteiger partial charge in [-0.1, -0.05) is 49.4 Å². The first-order chi connectivity index (χ1) is 5.31. The van der Waals surface area contributed by atoms with E-state index in [-0.39, 0.29) is 0 Å². The molecule has 0 rings (SSSR count). The minimum absolute atomic E-state index is 0.321. The van der Waals surface area contributed by atoms with E-state index in [1.807, 2.05) is 0 Å². The second-order valence-corrected chi connectivity index (χ2v) is 3.08. The van der Waals surface area contributed by atoms with Gasteiger partial charge in [0.2, 0.25) is 0 Å². The molecule has 0 bridgehead atoms. The number of hydrogen-bond donors (Lipinski definition) is 1. The predicted octanol–water partition coefficient (Wildman–Crippen LogP) is 3.37. The van der Waals surface area contributed by atoms with Gasteiger partial charge >= 0.3 is 0 Å². The Bertz CT molecular complexity index is 115. The van der Waals surface area contributed by atoms with Crippen LogP contribution in [0, 0.1) is 0 Å². The highest BCUT2D eigenvalue weighted by atomic mass is 35.5. The molecule has 3 heteroatoms. The molecule has 0 aliphatic heterocycles. The molecule has 0 saturated carbocycles. The molecule has 0 atom stereocenters. The molecular weight excluding hydrogens is 162 g/mol. The van der Waals surface area contributed by atoms with Gasteiger partial charge in [-0.25, -0.2) is 0 Å². The molecule has 0 unspecified atom stereocenters. The van der Waals surface area contributed by atoms with E-state index < -0.39 is 0 Å². The number of nitrogens with zero attached hydrogens (tertiary/aromatic N) is 1. The van der Waals surface area contributed by atoms with E-state index in [4.69, 9.17) is 16.8 Å². The van der Waals surface area contributed by atoms with Crippen molar-refractivity contribution in [3.63, 3.8) is 0 Å². The quantitative estimate of drug-likeness (QED) is 0.287. The van der Waals surface area contributed by atoms with Crippen LogP contribution in [-0.2, 0) is 0 Å². The molecule has 0 fully saturated rings. The van der Waals surface area contributed by atoms with E-state index >= 15 is 0 Å². The van der Waals surface area contributed by atoms with E-state index in [2.05, 4.69) is 12.1 Å². The molecule has 0 spiro atoms. The van der Waals surface area contributed by atoms with Gasteiger partial charge in [0.05, 0.1) is 0 Å². The van der Waals surface area contributed by atoms with Crippen LogP contribution in [0.1, 0.15) is 45.4 Å². The summed E-state index contributed by atoms with van der Waals surface area (Å²) in [5, 5.41) is 11.4. The van der Waals surface area contributed by atoms with Gasteiger partial charge < -0.3 is 5.21 Å². The average Bonchev–Trinajstić information content (AvgIpc) is 2.04. The van der Waals surface area contributed by atoms with Crippen LogP contribution in [-0.4, -0.2) is 10.4 Å². The summed E-state index contributed by atoms with van der Waals surface area (Å²) in [6, 6.07) is 0. The largest absolute Gasteiger partial charge is 0.410 e. The van der Waals surface area contributed by atoms with Crippen molar-refractivity contribution in [1.29, 1.82) is 0 Å². The molecule has 0 heterocycles. The lowest BCUT2D eigenvalue weighted by atomic mass is 10.1. The maximum atomic E-state index is 8.19. The lowest BCUT2D eigenvalue weighted by Crippen LogP contribution is -1.87. The zero-order valence-electron chi connectivity index (χ0n) is 7.02. The van der Waals surface area contributed by atoms with Crippen LogP contribution < -0.4 is 0 Å².